The van der Waals surface area contributed by atoms with Crippen LogP contribution in [0, 0.1) is 17.5 Å². The smallest absolute Gasteiger partial charge is 0.194 e. The van der Waals surface area contributed by atoms with E-state index in [2.05, 4.69) is 25.5 Å². The van der Waals surface area contributed by atoms with Gasteiger partial charge in [-0.05, 0) is 53.9 Å². The highest BCUT2D eigenvalue weighted by Crippen LogP contribution is 2.38. The van der Waals surface area contributed by atoms with Crippen molar-refractivity contribution in [2.45, 2.75) is 36.9 Å². The van der Waals surface area contributed by atoms with E-state index in [-0.39, 0.29) is 17.1 Å². The molecular formula is C28H24F3N7O4. The Kier molecular flexibility index (Phi) is 7.51. The van der Waals surface area contributed by atoms with Crippen LogP contribution in [0.5, 0.6) is 0 Å². The molecule has 0 aliphatic carbocycles. The second-order valence-corrected chi connectivity index (χ2v) is 9.84. The summed E-state index contributed by atoms with van der Waals surface area (Å²) in [4.78, 5) is 4.03. The van der Waals surface area contributed by atoms with Gasteiger partial charge in [-0.2, -0.15) is 0 Å². The van der Waals surface area contributed by atoms with E-state index in [0.717, 1.165) is 27.9 Å². The summed E-state index contributed by atoms with van der Waals surface area (Å²) < 4.78 is 49.6. The summed E-state index contributed by atoms with van der Waals surface area (Å²) in [5.41, 5.74) is 2.70. The summed E-state index contributed by atoms with van der Waals surface area (Å²) in [6.07, 6.45) is 1.58. The number of hydrogen-bond acceptors (Lipinski definition) is 9. The van der Waals surface area contributed by atoms with Crippen LogP contribution in [0.25, 0.3) is 16.9 Å². The van der Waals surface area contributed by atoms with Gasteiger partial charge in [0.1, 0.15) is 42.5 Å². The summed E-state index contributed by atoms with van der Waals surface area (Å²) in [6.45, 7) is -0.603. The second-order valence-electron chi connectivity index (χ2n) is 9.84. The minimum Gasteiger partial charge on any atom is -0.394 e. The Bertz CT molecular complexity index is 1660. The van der Waals surface area contributed by atoms with Gasteiger partial charge in [-0.25, -0.2) is 17.9 Å². The Balaban J connectivity index is 1.29. The van der Waals surface area contributed by atoms with Crippen LogP contribution >= 0.6 is 0 Å². The lowest BCUT2D eigenvalue weighted by Gasteiger charge is -2.41. The molecule has 3 aromatic heterocycles. The molecule has 5 atom stereocenters. The molecular weight excluding hydrogens is 555 g/mol. The normalized spacial score (nSPS) is 22.4. The number of rotatable bonds is 7. The molecule has 2 aromatic carbocycles. The Morgan fingerprint density at radius 3 is 2.26 bits per heavy atom. The second kappa shape index (κ2) is 11.4. The molecule has 1 aliphatic rings. The van der Waals surface area contributed by atoms with Gasteiger partial charge in [0, 0.05) is 23.6 Å². The van der Waals surface area contributed by atoms with Gasteiger partial charge in [-0.1, -0.05) is 17.3 Å². The molecule has 0 radical (unpaired) electrons. The van der Waals surface area contributed by atoms with E-state index in [0.29, 0.717) is 12.1 Å². The third-order valence-electron chi connectivity index (χ3n) is 7.19. The van der Waals surface area contributed by atoms with Gasteiger partial charge < -0.3 is 20.1 Å². The number of benzene rings is 2. The lowest BCUT2D eigenvalue weighted by molar-refractivity contribution is -0.210. The summed E-state index contributed by atoms with van der Waals surface area (Å²) in [5, 5.41) is 48.3. The van der Waals surface area contributed by atoms with Crippen LogP contribution in [0.4, 0.5) is 13.2 Å². The highest BCUT2D eigenvalue weighted by Gasteiger charge is 2.48. The average molecular weight is 580 g/mol. The van der Waals surface area contributed by atoms with Crippen LogP contribution in [0.2, 0.25) is 0 Å². The zero-order valence-electron chi connectivity index (χ0n) is 21.7. The minimum absolute atomic E-state index is 0.0363. The number of nitrogens with zero attached hydrogens (tertiary/aromatic N) is 7. The van der Waals surface area contributed by atoms with Crippen molar-refractivity contribution < 1.29 is 33.2 Å². The zero-order chi connectivity index (χ0) is 29.4. The number of hydrogen-bond donors (Lipinski definition) is 3. The van der Waals surface area contributed by atoms with E-state index < -0.39 is 54.5 Å². The van der Waals surface area contributed by atoms with Crippen molar-refractivity contribution in [2.75, 3.05) is 6.61 Å². The highest BCUT2D eigenvalue weighted by molar-refractivity contribution is 5.58. The molecule has 1 fully saturated rings. The maximum absolute atomic E-state index is 13.8. The number of ether oxygens (including phenoxy) is 1. The summed E-state index contributed by atoms with van der Waals surface area (Å²) in [5.74, 6) is -4.24. The molecule has 5 aromatic rings. The number of aliphatic hydroxyl groups excluding tert-OH is 3. The molecule has 0 saturated carbocycles. The lowest BCUT2D eigenvalue weighted by Crippen LogP contribution is -2.53. The monoisotopic (exact) mass is 579 g/mol. The van der Waals surface area contributed by atoms with E-state index in [9.17, 15) is 28.5 Å². The van der Waals surface area contributed by atoms with Crippen molar-refractivity contribution in [1.29, 1.82) is 0 Å². The largest absolute Gasteiger partial charge is 0.394 e. The van der Waals surface area contributed by atoms with Gasteiger partial charge in [-0.15, -0.1) is 15.3 Å². The first-order valence-corrected chi connectivity index (χ1v) is 12.9. The first-order valence-electron chi connectivity index (χ1n) is 12.9. The van der Waals surface area contributed by atoms with E-state index >= 15 is 0 Å². The fraction of sp³-hybridized carbons (Fsp3) is 0.250. The first kappa shape index (κ1) is 27.7. The van der Waals surface area contributed by atoms with E-state index in [1.807, 2.05) is 36.4 Å². The molecule has 0 amide bonds. The van der Waals surface area contributed by atoms with E-state index in [4.69, 9.17) is 4.74 Å². The lowest BCUT2D eigenvalue weighted by atomic mass is 9.92. The molecule has 216 valence electrons. The first-order chi connectivity index (χ1) is 20.3. The van der Waals surface area contributed by atoms with Crippen molar-refractivity contribution in [3.8, 4) is 16.9 Å². The molecule has 3 N–H and O–H groups in total. The third-order valence-corrected chi connectivity index (χ3v) is 7.19. The summed E-state index contributed by atoms with van der Waals surface area (Å²) in [6, 6.07) is 11.8. The summed E-state index contributed by atoms with van der Waals surface area (Å²) in [7, 11) is 0. The molecule has 0 bridgehead atoms. The predicted molar refractivity (Wildman–Crippen MR) is 139 cm³/mol. The molecule has 6 rings (SSSR count). The Morgan fingerprint density at radius 2 is 1.57 bits per heavy atom. The Morgan fingerprint density at radius 1 is 0.881 bits per heavy atom. The van der Waals surface area contributed by atoms with Crippen molar-refractivity contribution in [3.05, 3.63) is 108 Å². The quantitative estimate of drug-likeness (QED) is 0.248. The van der Waals surface area contributed by atoms with Crippen molar-refractivity contribution in [2.24, 2.45) is 0 Å². The molecule has 1 saturated heterocycles. The molecule has 42 heavy (non-hydrogen) atoms. The Labute approximate surface area is 236 Å². The average Bonchev–Trinajstić information content (AvgIpc) is 3.68. The highest BCUT2D eigenvalue weighted by atomic mass is 19.2. The van der Waals surface area contributed by atoms with Crippen LogP contribution in [0.3, 0.4) is 0 Å². The van der Waals surface area contributed by atoms with Crippen LogP contribution in [-0.4, -0.2) is 75.0 Å². The fourth-order valence-corrected chi connectivity index (χ4v) is 5.03. The molecule has 11 nitrogen and oxygen atoms in total. The van der Waals surface area contributed by atoms with Gasteiger partial charge in [0.15, 0.2) is 23.3 Å². The predicted octanol–water partition coefficient (Wildman–Crippen LogP) is 2.32. The Hall–Kier alpha value is -4.50. The third kappa shape index (κ3) is 5.16. The fourth-order valence-electron chi connectivity index (χ4n) is 5.03. The molecule has 14 heteroatoms. The van der Waals surface area contributed by atoms with Crippen molar-refractivity contribution >= 4 is 0 Å². The standard InChI is InChI=1S/C28H24F3N7O4/c29-19-10-17(11-20(30)23(19)31)21-12-38(36-34-21)24-25(40)22(13-39)42-27(26(24)41)28-35-33-14-37(28)18-3-1-15(2-4-18)9-16-5-7-32-8-6-16/h1-8,10-12,14,22,24-27,39-41H,9,13H2/t22-,24+,25+,26-,27-/m1/s1. The van der Waals surface area contributed by atoms with Crippen molar-refractivity contribution in [3.63, 3.8) is 0 Å². The van der Waals surface area contributed by atoms with Crippen LogP contribution in [-0.2, 0) is 11.2 Å². The minimum atomic E-state index is -1.62. The molecule has 0 spiro atoms. The number of aromatic nitrogens is 7. The number of pyridine rings is 1. The molecule has 1 aliphatic heterocycles. The van der Waals surface area contributed by atoms with Gasteiger partial charge in [0.25, 0.3) is 0 Å². The summed E-state index contributed by atoms with van der Waals surface area (Å²) >= 11 is 0. The SMILES string of the molecule is OC[C@H]1O[C@@H](c2nncn2-c2ccc(Cc3ccncc3)cc2)[C@H](O)[C@@H](n2cc(-c3cc(F)c(F)c(F)c3)nn2)[C@H]1O. The van der Waals surface area contributed by atoms with Gasteiger partial charge in [0.2, 0.25) is 0 Å². The van der Waals surface area contributed by atoms with Gasteiger partial charge >= 0.3 is 0 Å². The van der Waals surface area contributed by atoms with Crippen LogP contribution in [0.1, 0.15) is 29.1 Å². The number of halogens is 3. The van der Waals surface area contributed by atoms with E-state index in [1.165, 1.54) is 12.5 Å². The molecule has 0 unspecified atom stereocenters. The molecule has 4 heterocycles. The van der Waals surface area contributed by atoms with E-state index in [1.54, 1.807) is 17.0 Å². The van der Waals surface area contributed by atoms with Gasteiger partial charge in [-0.3, -0.25) is 9.55 Å². The zero-order valence-corrected chi connectivity index (χ0v) is 21.7. The topological polar surface area (TPSA) is 144 Å². The van der Waals surface area contributed by atoms with Gasteiger partial charge in [0.05, 0.1) is 12.8 Å². The van der Waals surface area contributed by atoms with Crippen LogP contribution < -0.4 is 0 Å². The van der Waals surface area contributed by atoms with Crippen molar-refractivity contribution in [1.82, 2.24) is 34.7 Å². The van der Waals surface area contributed by atoms with Crippen LogP contribution in [0.15, 0.2) is 73.4 Å². The number of aliphatic hydroxyl groups is 3. The maximum Gasteiger partial charge on any atom is 0.194 e. The maximum atomic E-state index is 13.8.